The molecule has 0 aliphatic carbocycles. The van der Waals surface area contributed by atoms with Crippen LogP contribution in [0.4, 0.5) is 0 Å². The minimum atomic E-state index is -0.753. The smallest absolute Gasteiger partial charge is 0.245 e. The molecule has 1 aliphatic heterocycles. The highest BCUT2D eigenvalue weighted by Crippen LogP contribution is 2.29. The van der Waals surface area contributed by atoms with Gasteiger partial charge in [0.2, 0.25) is 23.6 Å². The molecule has 8 atom stereocenters. The zero-order chi connectivity index (χ0) is 39.3. The first-order valence-electron chi connectivity index (χ1n) is 19.0. The standard InChI is InChI=1S/C40H67N5O7/c1-13-26(6)36(44(10)40(50)35(25(4)5)43-39(49)34(41-9)24(2)3)32(51-11)23-33(47)45-22-14-15-31(45)37(52-12)27(7)38(48)42-21-20-29-16-18-30(19-17-29)28(8)46/h16-19,24-27,31-32,34-37,41H,13-15,20-23H2,1-12H3,(H,42,48)(H,43,49)/t26-,27+,31-,32?,34-,35-,36-,37+/m0/s1. The molecule has 1 aromatic rings. The third-order valence-corrected chi connectivity index (χ3v) is 10.8. The second kappa shape index (κ2) is 21.4. The second-order valence-corrected chi connectivity index (χ2v) is 15.1. The van der Waals surface area contributed by atoms with Crippen LogP contribution in [0.1, 0.15) is 97.0 Å². The molecule has 0 spiro atoms. The fourth-order valence-corrected chi connectivity index (χ4v) is 7.45. The molecule has 0 radical (unpaired) electrons. The van der Waals surface area contributed by atoms with Crippen molar-refractivity contribution in [3.05, 3.63) is 35.4 Å². The number of nitrogens with one attached hydrogen (secondary N) is 3. The highest BCUT2D eigenvalue weighted by molar-refractivity contribution is 5.94. The summed E-state index contributed by atoms with van der Waals surface area (Å²) in [7, 11) is 6.61. The van der Waals surface area contributed by atoms with E-state index in [9.17, 15) is 24.0 Å². The van der Waals surface area contributed by atoms with Crippen LogP contribution in [0.3, 0.4) is 0 Å². The Bertz CT molecular complexity index is 1320. The lowest BCUT2D eigenvalue weighted by Crippen LogP contribution is -2.59. The van der Waals surface area contributed by atoms with Crippen molar-refractivity contribution in [2.75, 3.05) is 41.4 Å². The van der Waals surface area contributed by atoms with E-state index in [2.05, 4.69) is 16.0 Å². The van der Waals surface area contributed by atoms with Crippen LogP contribution in [0.5, 0.6) is 0 Å². The maximum absolute atomic E-state index is 14.1. The molecule has 1 aliphatic rings. The van der Waals surface area contributed by atoms with Crippen LogP contribution < -0.4 is 16.0 Å². The number of likely N-dealkylation sites (N-methyl/N-ethyl adjacent to an activating group) is 2. The van der Waals surface area contributed by atoms with Crippen LogP contribution in [-0.4, -0.2) is 117 Å². The second-order valence-electron chi connectivity index (χ2n) is 15.1. The van der Waals surface area contributed by atoms with Crippen molar-refractivity contribution in [2.24, 2.45) is 23.7 Å². The summed E-state index contributed by atoms with van der Waals surface area (Å²) in [6.45, 7) is 16.1. The lowest BCUT2D eigenvalue weighted by molar-refractivity contribution is -0.147. The summed E-state index contributed by atoms with van der Waals surface area (Å²) in [5, 5.41) is 9.05. The maximum Gasteiger partial charge on any atom is 0.245 e. The third-order valence-electron chi connectivity index (χ3n) is 10.8. The van der Waals surface area contributed by atoms with E-state index in [0.717, 1.165) is 18.4 Å². The van der Waals surface area contributed by atoms with Crippen molar-refractivity contribution in [1.82, 2.24) is 25.8 Å². The van der Waals surface area contributed by atoms with Gasteiger partial charge in [-0.25, -0.2) is 0 Å². The monoisotopic (exact) mass is 730 g/mol. The molecule has 0 aromatic heterocycles. The van der Waals surface area contributed by atoms with Crippen molar-refractivity contribution < 1.29 is 33.4 Å². The van der Waals surface area contributed by atoms with E-state index in [4.69, 9.17) is 9.47 Å². The van der Waals surface area contributed by atoms with Gasteiger partial charge >= 0.3 is 0 Å². The number of ketones is 1. The molecular weight excluding hydrogens is 662 g/mol. The first kappa shape index (κ1) is 44.8. The molecule has 1 unspecified atom stereocenters. The van der Waals surface area contributed by atoms with Gasteiger partial charge in [0.1, 0.15) is 6.04 Å². The molecular formula is C40H67N5O7. The van der Waals surface area contributed by atoms with Crippen LogP contribution in [0.15, 0.2) is 24.3 Å². The molecule has 1 heterocycles. The zero-order valence-electron chi connectivity index (χ0n) is 33.8. The SMILES string of the molecule is CC[C@H](C)[C@@H](C(CC(=O)N1CCC[C@H]1[C@H](OC)[C@@H](C)C(=O)NCCc1ccc(C(C)=O)cc1)OC)N(C)C(=O)[C@@H](NC(=O)[C@@H](NC)C(C)C)C(C)C. The van der Waals surface area contributed by atoms with Gasteiger partial charge in [0.15, 0.2) is 5.78 Å². The van der Waals surface area contributed by atoms with E-state index < -0.39 is 36.3 Å². The lowest BCUT2D eigenvalue weighted by atomic mass is 9.89. The van der Waals surface area contributed by atoms with Crippen molar-refractivity contribution in [3.63, 3.8) is 0 Å². The number of carbonyl (C=O) groups is 5. The molecule has 12 heteroatoms. The molecule has 0 bridgehead atoms. The lowest BCUT2D eigenvalue weighted by Gasteiger charge is -2.41. The van der Waals surface area contributed by atoms with E-state index >= 15 is 0 Å². The Morgan fingerprint density at radius 3 is 2.04 bits per heavy atom. The average Bonchev–Trinajstić information content (AvgIpc) is 3.59. The van der Waals surface area contributed by atoms with E-state index in [0.29, 0.717) is 31.5 Å². The van der Waals surface area contributed by atoms with Gasteiger partial charge in [0, 0.05) is 39.9 Å². The Morgan fingerprint density at radius 1 is 0.923 bits per heavy atom. The summed E-state index contributed by atoms with van der Waals surface area (Å²) in [5.41, 5.74) is 1.67. The van der Waals surface area contributed by atoms with Crippen molar-refractivity contribution >= 4 is 29.4 Å². The highest BCUT2D eigenvalue weighted by atomic mass is 16.5. The number of rotatable bonds is 21. The van der Waals surface area contributed by atoms with Gasteiger partial charge in [0.05, 0.1) is 42.7 Å². The number of hydrogen-bond acceptors (Lipinski definition) is 8. The van der Waals surface area contributed by atoms with E-state index in [-0.39, 0.29) is 59.6 Å². The molecule has 12 nitrogen and oxygen atoms in total. The number of benzene rings is 1. The van der Waals surface area contributed by atoms with E-state index in [1.165, 1.54) is 6.92 Å². The summed E-state index contributed by atoms with van der Waals surface area (Å²) in [6.07, 6.45) is 1.78. The minimum Gasteiger partial charge on any atom is -0.379 e. The van der Waals surface area contributed by atoms with Gasteiger partial charge < -0.3 is 35.2 Å². The van der Waals surface area contributed by atoms with Crippen LogP contribution in [-0.2, 0) is 35.1 Å². The van der Waals surface area contributed by atoms with Gasteiger partial charge in [-0.15, -0.1) is 0 Å². The Labute approximate surface area is 312 Å². The number of nitrogens with zero attached hydrogens (tertiary/aromatic N) is 2. The number of methoxy groups -OCH3 is 2. The fourth-order valence-electron chi connectivity index (χ4n) is 7.45. The summed E-state index contributed by atoms with van der Waals surface area (Å²) in [4.78, 5) is 69.7. The Balaban J connectivity index is 2.18. The number of likely N-dealkylation sites (tertiary alicyclic amines) is 1. The molecule has 3 N–H and O–H groups in total. The number of amides is 4. The zero-order valence-corrected chi connectivity index (χ0v) is 33.8. The van der Waals surface area contributed by atoms with Crippen LogP contribution in [0.25, 0.3) is 0 Å². The Kier molecular flexibility index (Phi) is 18.4. The Morgan fingerprint density at radius 2 is 1.54 bits per heavy atom. The summed E-state index contributed by atoms with van der Waals surface area (Å²) < 4.78 is 11.9. The van der Waals surface area contributed by atoms with Crippen molar-refractivity contribution in [1.29, 1.82) is 0 Å². The molecule has 2 rings (SSSR count). The normalized spacial score (nSPS) is 18.7. The third kappa shape index (κ3) is 11.8. The largest absolute Gasteiger partial charge is 0.379 e. The highest BCUT2D eigenvalue weighted by Gasteiger charge is 2.43. The van der Waals surface area contributed by atoms with Crippen LogP contribution in [0, 0.1) is 23.7 Å². The minimum absolute atomic E-state index is 0.00664. The first-order valence-corrected chi connectivity index (χ1v) is 19.0. The molecule has 52 heavy (non-hydrogen) atoms. The number of ether oxygens (including phenoxy) is 2. The summed E-state index contributed by atoms with van der Waals surface area (Å²) in [6, 6.07) is 5.46. The maximum atomic E-state index is 14.1. The van der Waals surface area contributed by atoms with Gasteiger partial charge in [-0.2, -0.15) is 0 Å². The molecule has 4 amide bonds. The van der Waals surface area contributed by atoms with Crippen molar-refractivity contribution in [2.45, 2.75) is 124 Å². The molecule has 294 valence electrons. The molecule has 0 saturated carbocycles. The van der Waals surface area contributed by atoms with Crippen LogP contribution >= 0.6 is 0 Å². The fraction of sp³-hybridized carbons (Fsp3) is 0.725. The van der Waals surface area contributed by atoms with Gasteiger partial charge in [0.25, 0.3) is 0 Å². The molecule has 1 saturated heterocycles. The number of carbonyl (C=O) groups excluding carboxylic acids is 5. The predicted molar refractivity (Wildman–Crippen MR) is 204 cm³/mol. The Hall–Kier alpha value is -3.35. The van der Waals surface area contributed by atoms with E-state index in [1.54, 1.807) is 45.3 Å². The van der Waals surface area contributed by atoms with Crippen molar-refractivity contribution in [3.8, 4) is 0 Å². The van der Waals surface area contributed by atoms with E-state index in [1.807, 2.05) is 65.5 Å². The number of hydrogen-bond donors (Lipinski definition) is 3. The van der Waals surface area contributed by atoms with Gasteiger partial charge in [-0.1, -0.05) is 79.2 Å². The molecule has 1 aromatic carbocycles. The topological polar surface area (TPSA) is 146 Å². The van der Waals surface area contributed by atoms with Crippen LogP contribution in [0.2, 0.25) is 0 Å². The quantitative estimate of drug-likeness (QED) is 0.162. The average molecular weight is 730 g/mol. The van der Waals surface area contributed by atoms with Gasteiger partial charge in [-0.3, -0.25) is 24.0 Å². The summed E-state index contributed by atoms with van der Waals surface area (Å²) >= 11 is 0. The molecule has 1 fully saturated rings. The predicted octanol–water partition coefficient (Wildman–Crippen LogP) is 3.85. The number of Topliss-reactive ketones (excluding diaryl/α,β-unsaturated/α-hetero) is 1. The summed E-state index contributed by atoms with van der Waals surface area (Å²) in [5.74, 6) is -1.37. The first-order chi connectivity index (χ1) is 24.5. The van der Waals surface area contributed by atoms with Gasteiger partial charge in [-0.05, 0) is 56.6 Å².